The van der Waals surface area contributed by atoms with Gasteiger partial charge in [0, 0.05) is 21.7 Å². The summed E-state index contributed by atoms with van der Waals surface area (Å²) in [5.74, 6) is 0.326. The fourth-order valence-corrected chi connectivity index (χ4v) is 3.82. The predicted octanol–water partition coefficient (Wildman–Crippen LogP) is 5.45. The number of benzene rings is 3. The van der Waals surface area contributed by atoms with Gasteiger partial charge in [-0.15, -0.1) is 0 Å². The topological polar surface area (TPSA) is 95.8 Å². The largest absolute Gasteiger partial charge is 0.294 e. The van der Waals surface area contributed by atoms with Crippen molar-refractivity contribution in [1.29, 1.82) is 0 Å². The Balaban J connectivity index is 1.85. The first-order valence-corrected chi connectivity index (χ1v) is 10.5. The number of hydrogen-bond acceptors (Lipinski definition) is 5. The lowest BCUT2D eigenvalue weighted by atomic mass is 10.2. The van der Waals surface area contributed by atoms with E-state index in [-0.39, 0.29) is 28.0 Å². The minimum Gasteiger partial charge on any atom is -0.268 e. The van der Waals surface area contributed by atoms with Crippen molar-refractivity contribution >= 4 is 39.9 Å². The van der Waals surface area contributed by atoms with Gasteiger partial charge in [-0.2, -0.15) is 5.10 Å². The first-order chi connectivity index (χ1) is 15.9. The lowest BCUT2D eigenvalue weighted by molar-refractivity contribution is -0.384. The van der Waals surface area contributed by atoms with Crippen molar-refractivity contribution in [3.8, 4) is 22.8 Å². The number of nitrogens with zero attached hydrogens (tertiary/aromatic N) is 5. The number of nitro benzene ring substituents is 1. The summed E-state index contributed by atoms with van der Waals surface area (Å²) < 4.78 is 2.76. The first-order valence-electron chi connectivity index (χ1n) is 9.70. The summed E-state index contributed by atoms with van der Waals surface area (Å²) in [6, 6.07) is 19.8. The number of halogens is 2. The smallest absolute Gasteiger partial charge is 0.268 e. The maximum absolute atomic E-state index is 13.6. The number of para-hydroxylation sites is 2. The van der Waals surface area contributed by atoms with Crippen molar-refractivity contribution in [2.45, 2.75) is 0 Å². The van der Waals surface area contributed by atoms with Gasteiger partial charge < -0.3 is 0 Å². The van der Waals surface area contributed by atoms with Crippen molar-refractivity contribution in [1.82, 2.24) is 19.3 Å². The molecule has 5 aromatic rings. The second kappa shape index (κ2) is 8.16. The molecule has 0 radical (unpaired) electrons. The average Bonchev–Trinajstić information content (AvgIpc) is 3.24. The molecule has 8 nitrogen and oxygen atoms in total. The summed E-state index contributed by atoms with van der Waals surface area (Å²) in [5, 5.41) is 17.1. The number of aromatic nitrogens is 4. The lowest BCUT2D eigenvalue weighted by Crippen LogP contribution is -2.22. The number of rotatable bonds is 4. The van der Waals surface area contributed by atoms with E-state index in [9.17, 15) is 14.9 Å². The number of nitro groups is 1. The molecule has 5 rings (SSSR count). The Morgan fingerprint density at radius 1 is 0.879 bits per heavy atom. The van der Waals surface area contributed by atoms with Gasteiger partial charge in [-0.1, -0.05) is 35.3 Å². The Labute approximate surface area is 196 Å². The van der Waals surface area contributed by atoms with Gasteiger partial charge in [-0.25, -0.2) is 9.67 Å². The Morgan fingerprint density at radius 2 is 1.52 bits per heavy atom. The highest BCUT2D eigenvalue weighted by Gasteiger charge is 2.22. The molecular weight excluding hydrogens is 465 g/mol. The van der Waals surface area contributed by atoms with Gasteiger partial charge in [0.15, 0.2) is 5.65 Å². The zero-order valence-corrected chi connectivity index (χ0v) is 18.2. The molecule has 2 aromatic heterocycles. The van der Waals surface area contributed by atoms with Crippen molar-refractivity contribution < 1.29 is 4.92 Å². The molecule has 0 aliphatic heterocycles. The monoisotopic (exact) mass is 477 g/mol. The van der Waals surface area contributed by atoms with E-state index < -0.39 is 4.92 Å². The molecule has 0 saturated carbocycles. The van der Waals surface area contributed by atoms with Gasteiger partial charge in [-0.05, 0) is 54.6 Å². The normalized spacial score (nSPS) is 11.1. The standard InChI is InChI=1S/C23H13Cl2N5O3/c24-15-7-5-14(6-8-15)21-27-22-18(23(31)28(21)17-11-9-16(25)10-12-17)13-26-29(22)19-3-1-2-4-20(19)30(32)33/h1-13H. The highest BCUT2D eigenvalue weighted by Crippen LogP contribution is 2.28. The van der Waals surface area contributed by atoms with Gasteiger partial charge in [0.1, 0.15) is 16.9 Å². The van der Waals surface area contributed by atoms with E-state index >= 15 is 0 Å². The molecule has 0 fully saturated rings. The SMILES string of the molecule is O=c1c2cnn(-c3ccccc3[N+](=O)[O-])c2nc(-c2ccc(Cl)cc2)n1-c1ccc(Cl)cc1. The maximum atomic E-state index is 13.6. The lowest BCUT2D eigenvalue weighted by Gasteiger charge is -2.13. The highest BCUT2D eigenvalue weighted by molar-refractivity contribution is 6.30. The van der Waals surface area contributed by atoms with Gasteiger partial charge in [0.2, 0.25) is 0 Å². The van der Waals surface area contributed by atoms with Gasteiger partial charge >= 0.3 is 0 Å². The molecule has 0 spiro atoms. The minimum absolute atomic E-state index is 0.153. The molecule has 0 aliphatic rings. The summed E-state index contributed by atoms with van der Waals surface area (Å²) in [4.78, 5) is 29.4. The van der Waals surface area contributed by atoms with Gasteiger partial charge in [-0.3, -0.25) is 19.5 Å². The minimum atomic E-state index is -0.502. The van der Waals surface area contributed by atoms with Crippen molar-refractivity contribution in [3.05, 3.63) is 110 Å². The quantitative estimate of drug-likeness (QED) is 0.253. The molecule has 33 heavy (non-hydrogen) atoms. The van der Waals surface area contributed by atoms with Crippen molar-refractivity contribution in [2.24, 2.45) is 0 Å². The third-order valence-electron chi connectivity index (χ3n) is 5.09. The van der Waals surface area contributed by atoms with Crippen molar-refractivity contribution in [3.63, 3.8) is 0 Å². The van der Waals surface area contributed by atoms with Crippen LogP contribution in [0.5, 0.6) is 0 Å². The van der Waals surface area contributed by atoms with Crippen LogP contribution in [-0.2, 0) is 0 Å². The van der Waals surface area contributed by atoms with Crippen LogP contribution in [0.25, 0.3) is 33.8 Å². The molecule has 10 heteroatoms. The van der Waals surface area contributed by atoms with Crippen LogP contribution in [0.15, 0.2) is 83.8 Å². The third-order valence-corrected chi connectivity index (χ3v) is 5.60. The Morgan fingerprint density at radius 3 is 2.18 bits per heavy atom. The summed E-state index contributed by atoms with van der Waals surface area (Å²) in [5.41, 5.74) is 1.06. The fraction of sp³-hybridized carbons (Fsp3) is 0. The molecule has 162 valence electrons. The maximum Gasteiger partial charge on any atom is 0.294 e. The van der Waals surface area contributed by atoms with Crippen LogP contribution in [0, 0.1) is 10.1 Å². The van der Waals surface area contributed by atoms with E-state index in [0.29, 0.717) is 27.1 Å². The Bertz CT molecular complexity index is 1580. The summed E-state index contributed by atoms with van der Waals surface area (Å²) >= 11 is 12.1. The van der Waals surface area contributed by atoms with E-state index in [1.165, 1.54) is 21.5 Å². The summed E-state index contributed by atoms with van der Waals surface area (Å²) in [6.07, 6.45) is 1.36. The van der Waals surface area contributed by atoms with E-state index in [4.69, 9.17) is 28.2 Å². The fourth-order valence-electron chi connectivity index (χ4n) is 3.56. The second-order valence-corrected chi connectivity index (χ2v) is 7.97. The molecule has 0 unspecified atom stereocenters. The Hall–Kier alpha value is -4.01. The van der Waals surface area contributed by atoms with Crippen LogP contribution in [0.3, 0.4) is 0 Å². The first kappa shape index (κ1) is 20.9. The number of hydrogen-bond donors (Lipinski definition) is 0. The molecule has 0 aliphatic carbocycles. The van der Waals surface area contributed by atoms with E-state index in [0.717, 1.165) is 0 Å². The Kier molecular flexibility index (Phi) is 5.16. The highest BCUT2D eigenvalue weighted by atomic mass is 35.5. The molecule has 0 N–H and O–H groups in total. The van der Waals surface area contributed by atoms with Crippen molar-refractivity contribution in [2.75, 3.05) is 0 Å². The van der Waals surface area contributed by atoms with Crippen LogP contribution in [0.1, 0.15) is 0 Å². The second-order valence-electron chi connectivity index (χ2n) is 7.10. The molecule has 0 bridgehead atoms. The van der Waals surface area contributed by atoms with E-state index in [2.05, 4.69) is 5.10 Å². The van der Waals surface area contributed by atoms with E-state index in [1.807, 2.05) is 0 Å². The van der Waals surface area contributed by atoms with E-state index in [1.54, 1.807) is 66.7 Å². The predicted molar refractivity (Wildman–Crippen MR) is 127 cm³/mol. The summed E-state index contributed by atoms with van der Waals surface area (Å²) in [7, 11) is 0. The summed E-state index contributed by atoms with van der Waals surface area (Å²) in [6.45, 7) is 0. The number of fused-ring (bicyclic) bond motifs is 1. The molecule has 0 saturated heterocycles. The third kappa shape index (κ3) is 3.65. The molecule has 0 amide bonds. The van der Waals surface area contributed by atoms with Crippen LogP contribution in [-0.4, -0.2) is 24.3 Å². The molecule has 2 heterocycles. The van der Waals surface area contributed by atoms with Crippen LogP contribution < -0.4 is 5.56 Å². The molecule has 3 aromatic carbocycles. The van der Waals surface area contributed by atoms with Crippen LogP contribution in [0.4, 0.5) is 5.69 Å². The van der Waals surface area contributed by atoms with Gasteiger partial charge in [0.25, 0.3) is 11.2 Å². The molecule has 0 atom stereocenters. The van der Waals surface area contributed by atoms with Gasteiger partial charge in [0.05, 0.1) is 16.8 Å². The molecular formula is C23H13Cl2N5O3. The zero-order valence-electron chi connectivity index (χ0n) is 16.7. The van der Waals surface area contributed by atoms with Crippen LogP contribution in [0.2, 0.25) is 10.0 Å². The zero-order chi connectivity index (χ0) is 23.1. The van der Waals surface area contributed by atoms with Crippen LogP contribution >= 0.6 is 23.2 Å². The average molecular weight is 478 g/mol.